The zero-order valence-electron chi connectivity index (χ0n) is 10.6. The highest BCUT2D eigenvalue weighted by atomic mass is 19.3. The molecule has 1 aliphatic heterocycles. The maximum Gasteiger partial charge on any atom is 0.299 e. The molecular formula is C14H15F2NO. The van der Waals surface area contributed by atoms with Crippen molar-refractivity contribution in [3.63, 3.8) is 0 Å². The van der Waals surface area contributed by atoms with Gasteiger partial charge in [-0.25, -0.2) is 8.78 Å². The molecule has 0 aromatic heterocycles. The van der Waals surface area contributed by atoms with Gasteiger partial charge in [-0.2, -0.15) is 0 Å². The number of anilines is 1. The van der Waals surface area contributed by atoms with Crippen LogP contribution in [0.3, 0.4) is 0 Å². The first-order chi connectivity index (χ1) is 8.35. The van der Waals surface area contributed by atoms with E-state index in [2.05, 4.69) is 0 Å². The molecule has 0 unspecified atom stereocenters. The molecule has 18 heavy (non-hydrogen) atoms. The molecule has 0 saturated carbocycles. The van der Waals surface area contributed by atoms with E-state index in [1.807, 2.05) is 38.1 Å². The van der Waals surface area contributed by atoms with Gasteiger partial charge in [0.05, 0.1) is 0 Å². The van der Waals surface area contributed by atoms with Crippen molar-refractivity contribution < 1.29 is 13.6 Å². The smallest absolute Gasteiger partial charge is 0.299 e. The van der Waals surface area contributed by atoms with Gasteiger partial charge in [-0.15, -0.1) is 0 Å². The Bertz CT molecular complexity index is 520. The fourth-order valence-corrected chi connectivity index (χ4v) is 2.46. The van der Waals surface area contributed by atoms with Crippen LogP contribution in [0.4, 0.5) is 14.5 Å². The molecular weight excluding hydrogens is 236 g/mol. The topological polar surface area (TPSA) is 20.3 Å². The Hall–Kier alpha value is -1.71. The van der Waals surface area contributed by atoms with E-state index < -0.39 is 17.6 Å². The second kappa shape index (κ2) is 4.19. The molecule has 1 heterocycles. The second-order valence-electron chi connectivity index (χ2n) is 4.93. The van der Waals surface area contributed by atoms with E-state index in [1.54, 1.807) is 11.9 Å². The summed E-state index contributed by atoms with van der Waals surface area (Å²) in [6.07, 6.45) is -1.89. The van der Waals surface area contributed by atoms with Crippen molar-refractivity contribution in [1.29, 1.82) is 0 Å². The molecule has 2 nitrogen and oxygen atoms in total. The van der Waals surface area contributed by atoms with Crippen LogP contribution in [0.1, 0.15) is 19.4 Å². The molecule has 1 aromatic carbocycles. The summed E-state index contributed by atoms with van der Waals surface area (Å²) < 4.78 is 24.8. The highest BCUT2D eigenvalue weighted by molar-refractivity contribution is 5.94. The summed E-state index contributed by atoms with van der Waals surface area (Å²) in [4.78, 5) is 13.0. The Morgan fingerprint density at radius 3 is 2.50 bits per heavy atom. The van der Waals surface area contributed by atoms with Gasteiger partial charge in [0.2, 0.25) is 5.78 Å². The summed E-state index contributed by atoms with van der Waals surface area (Å²) in [5.41, 5.74) is 2.17. The number of fused-ring (bicyclic) bond motifs is 1. The third kappa shape index (κ3) is 1.82. The Kier molecular flexibility index (Phi) is 2.97. The van der Waals surface area contributed by atoms with Crippen molar-refractivity contribution in [3.8, 4) is 0 Å². The molecule has 4 heteroatoms. The summed E-state index contributed by atoms with van der Waals surface area (Å²) in [6, 6.07) is 7.68. The zero-order valence-corrected chi connectivity index (χ0v) is 10.6. The first-order valence-electron chi connectivity index (χ1n) is 5.73. The number of likely N-dealkylation sites (N-methyl/N-ethyl adjacent to an activating group) is 1. The Morgan fingerprint density at radius 1 is 1.33 bits per heavy atom. The monoisotopic (exact) mass is 251 g/mol. The van der Waals surface area contributed by atoms with Crippen LogP contribution in [0.25, 0.3) is 0 Å². The number of carbonyl (C=O) groups is 1. The van der Waals surface area contributed by atoms with Crippen LogP contribution in [0.2, 0.25) is 0 Å². The maximum atomic E-state index is 12.4. The van der Waals surface area contributed by atoms with Crippen molar-refractivity contribution in [3.05, 3.63) is 41.6 Å². The molecule has 1 aromatic rings. The molecule has 0 fully saturated rings. The van der Waals surface area contributed by atoms with Gasteiger partial charge >= 0.3 is 0 Å². The van der Waals surface area contributed by atoms with Crippen LogP contribution in [-0.2, 0) is 10.2 Å². The van der Waals surface area contributed by atoms with Gasteiger partial charge in [0.15, 0.2) is 0 Å². The highest BCUT2D eigenvalue weighted by Crippen LogP contribution is 2.46. The Labute approximate surface area is 105 Å². The van der Waals surface area contributed by atoms with Crippen molar-refractivity contribution in [2.75, 3.05) is 11.9 Å². The average Bonchev–Trinajstić information content (AvgIpc) is 2.51. The summed E-state index contributed by atoms with van der Waals surface area (Å²) in [6.45, 7) is 3.86. The largest absolute Gasteiger partial charge is 0.347 e. The predicted molar refractivity (Wildman–Crippen MR) is 67.0 cm³/mol. The van der Waals surface area contributed by atoms with Crippen molar-refractivity contribution in [2.45, 2.75) is 25.7 Å². The van der Waals surface area contributed by atoms with E-state index in [9.17, 15) is 13.6 Å². The fraction of sp³-hybridized carbons (Fsp3) is 0.357. The van der Waals surface area contributed by atoms with Crippen LogP contribution < -0.4 is 4.90 Å². The number of hydrogen-bond donors (Lipinski definition) is 0. The fourth-order valence-electron chi connectivity index (χ4n) is 2.46. The minimum absolute atomic E-state index is 0.435. The van der Waals surface area contributed by atoms with Gasteiger partial charge in [-0.3, -0.25) is 4.79 Å². The standard InChI is InChI=1S/C14H15F2NO/c1-14(2)9-6-4-5-7-10(9)17(3)12(14)8-11(18)13(15)16/h4-8,13H,1-3H3/b12-8+. The molecule has 1 aliphatic rings. The number of allylic oxidation sites excluding steroid dienone is 2. The number of carbonyl (C=O) groups excluding carboxylic acids is 1. The van der Waals surface area contributed by atoms with Crippen LogP contribution in [0, 0.1) is 0 Å². The Morgan fingerprint density at radius 2 is 1.94 bits per heavy atom. The van der Waals surface area contributed by atoms with Gasteiger partial charge in [-0.1, -0.05) is 32.0 Å². The van der Waals surface area contributed by atoms with Crippen molar-refractivity contribution in [2.24, 2.45) is 0 Å². The first kappa shape index (κ1) is 12.7. The number of hydrogen-bond acceptors (Lipinski definition) is 2. The summed E-state index contributed by atoms with van der Waals surface area (Å²) in [5.74, 6) is -1.14. The quantitative estimate of drug-likeness (QED) is 0.753. The van der Waals surface area contributed by atoms with Gasteiger partial charge in [-0.05, 0) is 11.6 Å². The summed E-state index contributed by atoms with van der Waals surface area (Å²) >= 11 is 0. The van der Waals surface area contributed by atoms with Crippen LogP contribution in [0.15, 0.2) is 36.0 Å². The lowest BCUT2D eigenvalue weighted by molar-refractivity contribution is -0.124. The summed E-state index contributed by atoms with van der Waals surface area (Å²) in [7, 11) is 1.79. The molecule has 0 saturated heterocycles. The van der Waals surface area contributed by atoms with Crippen LogP contribution in [0.5, 0.6) is 0 Å². The Balaban J connectivity index is 2.51. The SMILES string of the molecule is CN1/C(=C/C(=O)C(F)F)C(C)(C)c2ccccc21. The number of alkyl halides is 2. The molecule has 0 N–H and O–H groups in total. The third-order valence-corrected chi connectivity index (χ3v) is 3.43. The molecule has 0 radical (unpaired) electrons. The van der Waals surface area contributed by atoms with E-state index in [-0.39, 0.29) is 0 Å². The highest BCUT2D eigenvalue weighted by Gasteiger charge is 2.38. The van der Waals surface area contributed by atoms with E-state index in [0.717, 1.165) is 17.3 Å². The van der Waals surface area contributed by atoms with Crippen molar-refractivity contribution in [1.82, 2.24) is 0 Å². The summed E-state index contributed by atoms with van der Waals surface area (Å²) in [5, 5.41) is 0. The van der Waals surface area contributed by atoms with E-state index in [1.165, 1.54) is 0 Å². The molecule has 0 spiro atoms. The van der Waals surface area contributed by atoms with E-state index >= 15 is 0 Å². The normalized spacial score (nSPS) is 19.4. The average molecular weight is 251 g/mol. The van der Waals surface area contributed by atoms with Crippen molar-refractivity contribution >= 4 is 11.5 Å². The molecule has 0 atom stereocenters. The lowest BCUT2D eigenvalue weighted by Gasteiger charge is -2.23. The molecule has 96 valence electrons. The second-order valence-corrected chi connectivity index (χ2v) is 4.93. The number of ketones is 1. The third-order valence-electron chi connectivity index (χ3n) is 3.43. The van der Waals surface area contributed by atoms with Gasteiger partial charge in [0.25, 0.3) is 6.43 Å². The number of nitrogens with zero attached hydrogens (tertiary/aromatic N) is 1. The lowest BCUT2D eigenvalue weighted by Crippen LogP contribution is -2.25. The number of rotatable bonds is 2. The van der Waals surface area contributed by atoms with E-state index in [4.69, 9.17) is 0 Å². The number of halogens is 2. The maximum absolute atomic E-state index is 12.4. The van der Waals surface area contributed by atoms with Crippen LogP contribution >= 0.6 is 0 Å². The molecule has 0 amide bonds. The molecule has 2 rings (SSSR count). The molecule has 0 aliphatic carbocycles. The minimum atomic E-state index is -2.95. The predicted octanol–water partition coefficient (Wildman–Crippen LogP) is 3.13. The molecule has 0 bridgehead atoms. The minimum Gasteiger partial charge on any atom is -0.347 e. The lowest BCUT2D eigenvalue weighted by atomic mass is 9.83. The van der Waals surface area contributed by atoms with Gasteiger partial charge in [0, 0.05) is 29.9 Å². The zero-order chi connectivity index (χ0) is 13.5. The first-order valence-corrected chi connectivity index (χ1v) is 5.73. The van der Waals surface area contributed by atoms with Crippen LogP contribution in [-0.4, -0.2) is 19.3 Å². The number of para-hydroxylation sites is 1. The van der Waals surface area contributed by atoms with E-state index in [0.29, 0.717) is 5.70 Å². The van der Waals surface area contributed by atoms with Gasteiger partial charge in [0.1, 0.15) is 0 Å². The van der Waals surface area contributed by atoms with Gasteiger partial charge < -0.3 is 4.90 Å². The number of benzene rings is 1.